The first-order valence-corrected chi connectivity index (χ1v) is 6.96. The highest BCUT2D eigenvalue weighted by Gasteiger charge is 2.22. The summed E-state index contributed by atoms with van der Waals surface area (Å²) >= 11 is 5.25. The van der Waals surface area contributed by atoms with Crippen LogP contribution in [0.2, 0.25) is 0 Å². The van der Waals surface area contributed by atoms with Crippen molar-refractivity contribution in [3.8, 4) is 23.5 Å². The molecule has 0 atom stereocenters. The molecule has 3 rings (SSSR count). The van der Waals surface area contributed by atoms with Crippen LogP contribution in [0.3, 0.4) is 0 Å². The van der Waals surface area contributed by atoms with Crippen molar-refractivity contribution in [2.24, 2.45) is 0 Å². The molecule has 3 aromatic heterocycles. The first-order chi connectivity index (χ1) is 11.1. The molecule has 3 heterocycles. The Morgan fingerprint density at radius 2 is 2.13 bits per heavy atom. The van der Waals surface area contributed by atoms with E-state index < -0.39 is 0 Å². The van der Waals surface area contributed by atoms with E-state index >= 15 is 0 Å². The third kappa shape index (κ3) is 2.01. The fourth-order valence-corrected chi connectivity index (χ4v) is 2.73. The molecule has 7 nitrogen and oxygen atoms in total. The standard InChI is InChI=1S/C15H10N6OS/c1-2-5-20-14-10(8-17)12(11-4-3-6-22-11)9(7-16)13(18)21(14)19-15(20)23/h2-4,6,18H,1,5H2,(H,19,23). The smallest absolute Gasteiger partial charge is 0.194 e. The number of pyridine rings is 1. The molecule has 0 aromatic carbocycles. The zero-order chi connectivity index (χ0) is 16.6. The molecule has 0 aliphatic rings. The summed E-state index contributed by atoms with van der Waals surface area (Å²) in [5.74, 6) is 0.353. The van der Waals surface area contributed by atoms with Gasteiger partial charge in [-0.1, -0.05) is 6.08 Å². The van der Waals surface area contributed by atoms with Gasteiger partial charge in [0.15, 0.2) is 15.9 Å². The Kier molecular flexibility index (Phi) is 3.45. The maximum absolute atomic E-state index is 9.67. The average Bonchev–Trinajstić information content (AvgIpc) is 3.17. The highest BCUT2D eigenvalue weighted by Crippen LogP contribution is 2.28. The van der Waals surface area contributed by atoms with Gasteiger partial charge in [-0.25, -0.2) is 4.52 Å². The van der Waals surface area contributed by atoms with E-state index in [0.29, 0.717) is 22.7 Å². The van der Waals surface area contributed by atoms with Crippen LogP contribution in [0.25, 0.3) is 17.0 Å². The molecule has 0 fully saturated rings. The summed E-state index contributed by atoms with van der Waals surface area (Å²) in [5.41, 5.74) is 0.837. The predicted molar refractivity (Wildman–Crippen MR) is 83.8 cm³/mol. The van der Waals surface area contributed by atoms with E-state index in [1.807, 2.05) is 6.07 Å². The van der Waals surface area contributed by atoms with Crippen LogP contribution in [0.15, 0.2) is 35.5 Å². The molecule has 2 N–H and O–H groups in total. The van der Waals surface area contributed by atoms with Gasteiger partial charge in [-0.15, -0.1) is 6.58 Å². The lowest BCUT2D eigenvalue weighted by molar-refractivity contribution is 0.581. The van der Waals surface area contributed by atoms with Crippen molar-refractivity contribution in [3.05, 3.63) is 52.4 Å². The van der Waals surface area contributed by atoms with Gasteiger partial charge in [-0.05, 0) is 24.4 Å². The number of allylic oxidation sites excluding steroid dienone is 1. The normalized spacial score (nSPS) is 10.3. The molecule has 112 valence electrons. The molecule has 0 radical (unpaired) electrons. The van der Waals surface area contributed by atoms with Crippen molar-refractivity contribution in [1.82, 2.24) is 14.2 Å². The first kappa shape index (κ1) is 14.6. The topological polar surface area (TPSA) is 110 Å². The Hall–Kier alpha value is -3.36. The van der Waals surface area contributed by atoms with Gasteiger partial charge in [0.05, 0.1) is 11.8 Å². The average molecular weight is 322 g/mol. The van der Waals surface area contributed by atoms with E-state index in [-0.39, 0.29) is 22.2 Å². The van der Waals surface area contributed by atoms with Crippen LogP contribution in [-0.2, 0) is 6.54 Å². The summed E-state index contributed by atoms with van der Waals surface area (Å²) in [6.07, 6.45) is 3.09. The summed E-state index contributed by atoms with van der Waals surface area (Å²) in [6, 6.07) is 7.38. The van der Waals surface area contributed by atoms with Gasteiger partial charge in [0, 0.05) is 6.54 Å². The molecule has 3 aromatic rings. The maximum Gasteiger partial charge on any atom is 0.194 e. The van der Waals surface area contributed by atoms with Gasteiger partial charge in [-0.2, -0.15) is 10.5 Å². The van der Waals surface area contributed by atoms with E-state index in [2.05, 4.69) is 17.7 Å². The number of hydrogen-bond donors (Lipinski definition) is 2. The minimum Gasteiger partial charge on any atom is -0.464 e. The number of nitrogens with zero attached hydrogens (tertiary/aromatic N) is 4. The molecule has 0 saturated carbocycles. The van der Waals surface area contributed by atoms with Gasteiger partial charge in [0.1, 0.15) is 29.0 Å². The molecular formula is C15H10N6OS. The molecule has 0 saturated heterocycles. The second-order valence-electron chi connectivity index (χ2n) is 4.65. The third-order valence-electron chi connectivity index (χ3n) is 3.41. The number of fused-ring (bicyclic) bond motifs is 1. The number of aromatic amines is 1. The molecule has 0 spiro atoms. The number of furan rings is 1. The van der Waals surface area contributed by atoms with Crippen molar-refractivity contribution in [2.45, 2.75) is 6.54 Å². The van der Waals surface area contributed by atoms with Crippen molar-refractivity contribution >= 4 is 17.9 Å². The second-order valence-corrected chi connectivity index (χ2v) is 5.04. The van der Waals surface area contributed by atoms with Gasteiger partial charge in [-0.3, -0.25) is 15.1 Å². The Labute approximate surface area is 135 Å². The van der Waals surface area contributed by atoms with Crippen LogP contribution in [0.1, 0.15) is 11.1 Å². The summed E-state index contributed by atoms with van der Waals surface area (Å²) in [5, 5.41) is 30.2. The molecular weight excluding hydrogens is 312 g/mol. The Morgan fingerprint density at radius 1 is 1.39 bits per heavy atom. The fourth-order valence-electron chi connectivity index (χ4n) is 2.48. The van der Waals surface area contributed by atoms with Gasteiger partial charge >= 0.3 is 0 Å². The Balaban J connectivity index is 2.63. The molecule has 0 amide bonds. The first-order valence-electron chi connectivity index (χ1n) is 6.55. The largest absolute Gasteiger partial charge is 0.464 e. The van der Waals surface area contributed by atoms with Gasteiger partial charge < -0.3 is 4.42 Å². The second kappa shape index (κ2) is 5.44. The van der Waals surface area contributed by atoms with Crippen LogP contribution in [0.4, 0.5) is 0 Å². The molecule has 23 heavy (non-hydrogen) atoms. The van der Waals surface area contributed by atoms with Gasteiger partial charge in [0.2, 0.25) is 0 Å². The quantitative estimate of drug-likeness (QED) is 0.570. The lowest BCUT2D eigenvalue weighted by Crippen LogP contribution is -2.21. The number of H-pyrrole nitrogens is 1. The summed E-state index contributed by atoms with van der Waals surface area (Å²) < 4.78 is 8.66. The summed E-state index contributed by atoms with van der Waals surface area (Å²) in [7, 11) is 0. The van der Waals surface area contributed by atoms with E-state index in [1.54, 1.807) is 22.8 Å². The lowest BCUT2D eigenvalue weighted by atomic mass is 10.0. The number of nitrogens with one attached hydrogen (secondary N) is 2. The summed E-state index contributed by atoms with van der Waals surface area (Å²) in [6.45, 7) is 4.04. The third-order valence-corrected chi connectivity index (χ3v) is 3.72. The highest BCUT2D eigenvalue weighted by atomic mass is 32.1. The van der Waals surface area contributed by atoms with Crippen LogP contribution >= 0.6 is 12.2 Å². The number of rotatable bonds is 3. The monoisotopic (exact) mass is 322 g/mol. The van der Waals surface area contributed by atoms with Crippen molar-refractivity contribution in [2.75, 3.05) is 0 Å². The van der Waals surface area contributed by atoms with E-state index in [9.17, 15) is 10.5 Å². The zero-order valence-corrected chi connectivity index (χ0v) is 12.6. The summed E-state index contributed by atoms with van der Waals surface area (Å²) in [4.78, 5) is 0. The maximum atomic E-state index is 9.67. The zero-order valence-electron chi connectivity index (χ0n) is 11.8. The Morgan fingerprint density at radius 3 is 2.70 bits per heavy atom. The molecule has 0 bridgehead atoms. The van der Waals surface area contributed by atoms with E-state index in [4.69, 9.17) is 22.0 Å². The minimum atomic E-state index is -0.0955. The minimum absolute atomic E-state index is 0.0380. The van der Waals surface area contributed by atoms with Crippen LogP contribution in [-0.4, -0.2) is 14.2 Å². The number of hydrogen-bond acceptors (Lipinski definition) is 5. The van der Waals surface area contributed by atoms with Crippen LogP contribution in [0.5, 0.6) is 0 Å². The van der Waals surface area contributed by atoms with Crippen molar-refractivity contribution < 1.29 is 4.42 Å². The van der Waals surface area contributed by atoms with Crippen LogP contribution in [0, 0.1) is 32.8 Å². The number of nitriles is 2. The van der Waals surface area contributed by atoms with Crippen molar-refractivity contribution in [1.29, 1.82) is 15.9 Å². The van der Waals surface area contributed by atoms with E-state index in [1.165, 1.54) is 10.8 Å². The van der Waals surface area contributed by atoms with E-state index in [0.717, 1.165) is 0 Å². The molecule has 0 aliphatic heterocycles. The lowest BCUT2D eigenvalue weighted by Gasteiger charge is -2.08. The predicted octanol–water partition coefficient (Wildman–Crippen LogP) is 2.47. The number of aromatic nitrogens is 3. The molecule has 0 unspecified atom stereocenters. The fraction of sp³-hybridized carbons (Fsp3) is 0.0667. The SMILES string of the molecule is C=CCn1c(=S)[nH]n2c(=N)c(C#N)c(-c3ccco3)c(C#N)c12. The van der Waals surface area contributed by atoms with Gasteiger partial charge in [0.25, 0.3) is 0 Å². The molecule has 8 heteroatoms. The molecule has 0 aliphatic carbocycles. The highest BCUT2D eigenvalue weighted by molar-refractivity contribution is 7.71. The Bertz CT molecular complexity index is 1110. The van der Waals surface area contributed by atoms with Crippen molar-refractivity contribution in [3.63, 3.8) is 0 Å². The van der Waals surface area contributed by atoms with Crippen LogP contribution < -0.4 is 5.49 Å².